The molecule has 1 fully saturated rings. The molecule has 0 saturated heterocycles. The molecule has 1 saturated carbocycles. The van der Waals surface area contributed by atoms with Gasteiger partial charge in [-0.05, 0) is 60.4 Å². The van der Waals surface area contributed by atoms with E-state index in [9.17, 15) is 4.39 Å². The third-order valence-corrected chi connectivity index (χ3v) is 5.70. The van der Waals surface area contributed by atoms with Crippen molar-refractivity contribution in [2.24, 2.45) is 5.41 Å². The van der Waals surface area contributed by atoms with Crippen molar-refractivity contribution in [1.82, 2.24) is 15.3 Å². The summed E-state index contributed by atoms with van der Waals surface area (Å²) in [5, 5.41) is 3.60. The van der Waals surface area contributed by atoms with Crippen molar-refractivity contribution in [3.05, 3.63) is 54.1 Å². The molecule has 0 amide bonds. The smallest absolute Gasteiger partial charge is 0.131 e. The predicted octanol–water partition coefficient (Wildman–Crippen LogP) is 5.43. The summed E-state index contributed by atoms with van der Waals surface area (Å²) in [6.07, 6.45) is 6.59. The molecule has 4 rings (SSSR count). The van der Waals surface area contributed by atoms with Gasteiger partial charge in [-0.1, -0.05) is 32.0 Å². The molecule has 4 heteroatoms. The van der Waals surface area contributed by atoms with E-state index < -0.39 is 0 Å². The van der Waals surface area contributed by atoms with E-state index in [2.05, 4.69) is 29.1 Å². The molecule has 0 spiro atoms. The second-order valence-corrected chi connectivity index (χ2v) is 8.27. The Morgan fingerprint density at radius 3 is 2.73 bits per heavy atom. The lowest BCUT2D eigenvalue weighted by atomic mass is 9.75. The first kappa shape index (κ1) is 17.2. The zero-order valence-corrected chi connectivity index (χ0v) is 15.5. The van der Waals surface area contributed by atoms with Crippen LogP contribution in [0.2, 0.25) is 0 Å². The Morgan fingerprint density at radius 1 is 1.15 bits per heavy atom. The molecule has 2 aromatic carbocycles. The largest absolute Gasteiger partial charge is 0.345 e. The van der Waals surface area contributed by atoms with E-state index in [-0.39, 0.29) is 5.82 Å². The third kappa shape index (κ3) is 3.65. The van der Waals surface area contributed by atoms with Gasteiger partial charge in [-0.25, -0.2) is 9.37 Å². The van der Waals surface area contributed by atoms with Crippen LogP contribution < -0.4 is 5.32 Å². The predicted molar refractivity (Wildman–Crippen MR) is 104 cm³/mol. The minimum absolute atomic E-state index is 0.177. The van der Waals surface area contributed by atoms with Crippen molar-refractivity contribution < 1.29 is 4.39 Å². The minimum Gasteiger partial charge on any atom is -0.345 e. The van der Waals surface area contributed by atoms with Crippen LogP contribution in [-0.4, -0.2) is 16.0 Å². The Labute approximate surface area is 154 Å². The molecular formula is C22H26FN3. The molecule has 0 atom stereocenters. The fraction of sp³-hybridized carbons (Fsp3) is 0.409. The van der Waals surface area contributed by atoms with Crippen molar-refractivity contribution in [2.75, 3.05) is 0 Å². The van der Waals surface area contributed by atoms with E-state index >= 15 is 0 Å². The van der Waals surface area contributed by atoms with Crippen molar-refractivity contribution in [3.63, 3.8) is 0 Å². The maximum atomic E-state index is 14.7. The quantitative estimate of drug-likeness (QED) is 0.658. The number of hydrogen-bond acceptors (Lipinski definition) is 2. The van der Waals surface area contributed by atoms with Crippen molar-refractivity contribution >= 4 is 11.0 Å². The van der Waals surface area contributed by atoms with Crippen molar-refractivity contribution in [1.29, 1.82) is 0 Å². The maximum Gasteiger partial charge on any atom is 0.131 e. The van der Waals surface area contributed by atoms with Gasteiger partial charge < -0.3 is 10.3 Å². The van der Waals surface area contributed by atoms with Crippen LogP contribution in [-0.2, 0) is 6.54 Å². The molecule has 0 bridgehead atoms. The second kappa shape index (κ2) is 6.84. The number of halogens is 1. The average Bonchev–Trinajstić information content (AvgIpc) is 3.08. The van der Waals surface area contributed by atoms with Gasteiger partial charge in [-0.2, -0.15) is 0 Å². The number of nitrogens with zero attached hydrogens (tertiary/aromatic N) is 1. The minimum atomic E-state index is -0.177. The topological polar surface area (TPSA) is 40.7 Å². The zero-order valence-electron chi connectivity index (χ0n) is 15.5. The molecule has 3 nitrogen and oxygen atoms in total. The molecule has 1 aliphatic carbocycles. The first-order chi connectivity index (χ1) is 12.5. The summed E-state index contributed by atoms with van der Waals surface area (Å²) in [6.45, 7) is 5.41. The van der Waals surface area contributed by atoms with Gasteiger partial charge in [0.2, 0.25) is 0 Å². The molecule has 1 heterocycles. The van der Waals surface area contributed by atoms with Crippen molar-refractivity contribution in [2.45, 2.75) is 52.1 Å². The van der Waals surface area contributed by atoms with Crippen LogP contribution in [0, 0.1) is 11.2 Å². The highest BCUT2D eigenvalue weighted by Gasteiger charge is 2.26. The van der Waals surface area contributed by atoms with E-state index in [1.807, 2.05) is 30.3 Å². The molecule has 2 N–H and O–H groups in total. The highest BCUT2D eigenvalue weighted by atomic mass is 19.1. The molecule has 1 aromatic heterocycles. The lowest BCUT2D eigenvalue weighted by Crippen LogP contribution is -2.35. The number of benzene rings is 2. The fourth-order valence-corrected chi connectivity index (χ4v) is 3.87. The SMILES string of the molecule is CC1(C)CCC(NCc2ccc(-c3ccc4[nH]cnc4c3)c(F)c2)CC1. The normalized spacial score (nSPS) is 17.7. The Morgan fingerprint density at radius 2 is 1.96 bits per heavy atom. The molecule has 0 aliphatic heterocycles. The Hall–Kier alpha value is -2.20. The summed E-state index contributed by atoms with van der Waals surface area (Å²) >= 11 is 0. The fourth-order valence-electron chi connectivity index (χ4n) is 3.87. The van der Waals surface area contributed by atoms with E-state index in [0.29, 0.717) is 17.0 Å². The first-order valence-corrected chi connectivity index (χ1v) is 9.45. The second-order valence-electron chi connectivity index (χ2n) is 8.27. The number of imidazole rings is 1. The first-order valence-electron chi connectivity index (χ1n) is 9.45. The summed E-state index contributed by atoms with van der Waals surface area (Å²) in [4.78, 5) is 7.32. The van der Waals surface area contributed by atoms with E-state index in [0.717, 1.165) is 28.7 Å². The summed E-state index contributed by atoms with van der Waals surface area (Å²) in [7, 11) is 0. The Kier molecular flexibility index (Phi) is 4.53. The number of fused-ring (bicyclic) bond motifs is 1. The zero-order chi connectivity index (χ0) is 18.1. The number of nitrogens with one attached hydrogen (secondary N) is 2. The molecule has 0 radical (unpaired) electrons. The van der Waals surface area contributed by atoms with E-state index in [1.165, 1.54) is 25.7 Å². The van der Waals surface area contributed by atoms with Gasteiger partial charge in [-0.3, -0.25) is 0 Å². The van der Waals surface area contributed by atoms with Crippen LogP contribution in [0.5, 0.6) is 0 Å². The maximum absolute atomic E-state index is 14.7. The molecule has 136 valence electrons. The third-order valence-electron chi connectivity index (χ3n) is 5.70. The Bertz CT molecular complexity index is 903. The van der Waals surface area contributed by atoms with Gasteiger partial charge in [0, 0.05) is 18.2 Å². The molecule has 0 unspecified atom stereocenters. The molecule has 1 aliphatic rings. The number of hydrogen-bond donors (Lipinski definition) is 2. The van der Waals surface area contributed by atoms with E-state index in [4.69, 9.17) is 0 Å². The number of aromatic nitrogens is 2. The summed E-state index contributed by atoms with van der Waals surface area (Å²) < 4.78 is 14.7. The van der Waals surface area contributed by atoms with Gasteiger partial charge >= 0.3 is 0 Å². The molecule has 26 heavy (non-hydrogen) atoms. The van der Waals surface area contributed by atoms with Crippen LogP contribution in [0.1, 0.15) is 45.1 Å². The standard InChI is InChI=1S/C22H26FN3/c1-22(2)9-7-17(8-10-22)24-13-15-3-5-18(19(23)11-15)16-4-6-20-21(12-16)26-14-25-20/h3-6,11-12,14,17,24H,7-10,13H2,1-2H3,(H,25,26). The van der Waals surface area contributed by atoms with Crippen molar-refractivity contribution in [3.8, 4) is 11.1 Å². The van der Waals surface area contributed by atoms with E-state index in [1.54, 1.807) is 12.4 Å². The summed E-state index contributed by atoms with van der Waals surface area (Å²) in [6, 6.07) is 11.9. The highest BCUT2D eigenvalue weighted by molar-refractivity contribution is 5.81. The monoisotopic (exact) mass is 351 g/mol. The van der Waals surface area contributed by atoms with Crippen LogP contribution in [0.15, 0.2) is 42.7 Å². The van der Waals surface area contributed by atoms with Gasteiger partial charge in [0.1, 0.15) is 5.82 Å². The van der Waals surface area contributed by atoms with Gasteiger partial charge in [0.05, 0.1) is 17.4 Å². The average molecular weight is 351 g/mol. The van der Waals surface area contributed by atoms with Crippen LogP contribution in [0.25, 0.3) is 22.2 Å². The molecule has 3 aromatic rings. The number of H-pyrrole nitrogens is 1. The lowest BCUT2D eigenvalue weighted by Gasteiger charge is -2.34. The van der Waals surface area contributed by atoms with Crippen LogP contribution >= 0.6 is 0 Å². The Balaban J connectivity index is 1.44. The van der Waals surface area contributed by atoms with Crippen LogP contribution in [0.4, 0.5) is 4.39 Å². The molecular weight excluding hydrogens is 325 g/mol. The van der Waals surface area contributed by atoms with Crippen LogP contribution in [0.3, 0.4) is 0 Å². The number of rotatable bonds is 4. The van der Waals surface area contributed by atoms with Gasteiger partial charge in [0.15, 0.2) is 0 Å². The highest BCUT2D eigenvalue weighted by Crippen LogP contribution is 2.35. The lowest BCUT2D eigenvalue weighted by molar-refractivity contribution is 0.206. The van der Waals surface area contributed by atoms with Gasteiger partial charge in [-0.15, -0.1) is 0 Å². The summed E-state index contributed by atoms with van der Waals surface area (Å²) in [5.41, 5.74) is 4.77. The summed E-state index contributed by atoms with van der Waals surface area (Å²) in [5.74, 6) is -0.177. The number of aromatic amines is 1. The van der Waals surface area contributed by atoms with Gasteiger partial charge in [0.25, 0.3) is 0 Å².